The average molecular weight is 271 g/mol. The van der Waals surface area contributed by atoms with E-state index >= 15 is 0 Å². The van der Waals surface area contributed by atoms with Crippen LogP contribution in [0, 0.1) is 11.3 Å². The summed E-state index contributed by atoms with van der Waals surface area (Å²) in [4.78, 5) is 12.1. The summed E-state index contributed by atoms with van der Waals surface area (Å²) in [5, 5.41) is 11.8. The summed E-state index contributed by atoms with van der Waals surface area (Å²) in [6.07, 6.45) is 3.08. The molecule has 0 amide bonds. The molecule has 19 heavy (non-hydrogen) atoms. The molecule has 0 spiro atoms. The molecule has 1 heterocycles. The summed E-state index contributed by atoms with van der Waals surface area (Å²) in [5.74, 6) is 0. The molecule has 0 aliphatic rings. The fraction of sp³-hybridized carbons (Fsp3) is 0.143. The van der Waals surface area contributed by atoms with Gasteiger partial charge in [0, 0.05) is 24.5 Å². The molecule has 0 aliphatic heterocycles. The van der Waals surface area contributed by atoms with E-state index in [1.165, 1.54) is 17.4 Å². The molecule has 5 heteroatoms. The van der Waals surface area contributed by atoms with Crippen molar-refractivity contribution in [3.63, 3.8) is 0 Å². The van der Waals surface area contributed by atoms with Gasteiger partial charge in [-0.3, -0.25) is 9.36 Å². The Morgan fingerprint density at radius 2 is 2.16 bits per heavy atom. The molecule has 0 aliphatic carbocycles. The van der Waals surface area contributed by atoms with E-state index in [1.807, 2.05) is 43.3 Å². The highest BCUT2D eigenvalue weighted by molar-refractivity contribution is 7.07. The molecular formula is C14H13N3OS. The second-order valence-electron chi connectivity index (χ2n) is 3.78. The van der Waals surface area contributed by atoms with Crippen LogP contribution in [0.15, 0.2) is 35.1 Å². The van der Waals surface area contributed by atoms with Crippen LogP contribution in [-0.4, -0.2) is 4.57 Å². The van der Waals surface area contributed by atoms with E-state index in [2.05, 4.69) is 5.32 Å². The topological polar surface area (TPSA) is 57.8 Å². The maximum atomic E-state index is 12.1. The molecule has 1 N–H and O–H groups in total. The second-order valence-corrected chi connectivity index (χ2v) is 4.84. The van der Waals surface area contributed by atoms with E-state index in [4.69, 9.17) is 5.26 Å². The van der Waals surface area contributed by atoms with Crippen molar-refractivity contribution in [3.8, 4) is 6.07 Å². The number of anilines is 1. The molecule has 2 aromatic rings. The lowest BCUT2D eigenvalue weighted by Crippen LogP contribution is -2.31. The molecule has 0 atom stereocenters. The van der Waals surface area contributed by atoms with E-state index in [1.54, 1.807) is 10.8 Å². The van der Waals surface area contributed by atoms with Crippen LogP contribution < -0.4 is 20.1 Å². The number of aromatic nitrogens is 1. The highest BCUT2D eigenvalue weighted by atomic mass is 32.1. The van der Waals surface area contributed by atoms with Gasteiger partial charge < -0.3 is 5.32 Å². The van der Waals surface area contributed by atoms with Crippen LogP contribution in [0.5, 0.6) is 0 Å². The quantitative estimate of drug-likeness (QED) is 0.909. The number of hydrogen-bond donors (Lipinski definition) is 1. The van der Waals surface area contributed by atoms with Crippen molar-refractivity contribution in [2.24, 2.45) is 0 Å². The summed E-state index contributed by atoms with van der Waals surface area (Å²) in [7, 11) is 0. The molecule has 2 rings (SSSR count). The van der Waals surface area contributed by atoms with Crippen LogP contribution >= 0.6 is 11.3 Å². The standard InChI is InChI=1S/C14H13N3OS/c1-2-17-13(8-9-15)19-12(14(17)18)10-16-11-6-4-3-5-7-11/h3-8,10,16H,2H2,1H3. The zero-order chi connectivity index (χ0) is 13.7. The number of nitrogens with zero attached hydrogens (tertiary/aromatic N) is 2. The van der Waals surface area contributed by atoms with Crippen molar-refractivity contribution in [1.29, 1.82) is 5.26 Å². The summed E-state index contributed by atoms with van der Waals surface area (Å²) in [6.45, 7) is 2.44. The Morgan fingerprint density at radius 3 is 2.79 bits per heavy atom. The predicted molar refractivity (Wildman–Crippen MR) is 78.1 cm³/mol. The van der Waals surface area contributed by atoms with Gasteiger partial charge >= 0.3 is 0 Å². The highest BCUT2D eigenvalue weighted by Crippen LogP contribution is 2.03. The minimum absolute atomic E-state index is 0.0718. The molecule has 1 aromatic carbocycles. The number of hydrogen-bond acceptors (Lipinski definition) is 4. The van der Waals surface area contributed by atoms with Crippen molar-refractivity contribution in [3.05, 3.63) is 49.9 Å². The minimum atomic E-state index is -0.0718. The van der Waals surface area contributed by atoms with Gasteiger partial charge in [0.1, 0.15) is 9.20 Å². The number of rotatable bonds is 3. The van der Waals surface area contributed by atoms with Crippen LogP contribution in [0.3, 0.4) is 0 Å². The minimum Gasteiger partial charge on any atom is -0.360 e. The third kappa shape index (κ3) is 2.92. The molecule has 0 saturated carbocycles. The van der Waals surface area contributed by atoms with E-state index < -0.39 is 0 Å². The number of para-hydroxylation sites is 1. The first kappa shape index (κ1) is 13.1. The van der Waals surface area contributed by atoms with E-state index in [0.29, 0.717) is 15.7 Å². The Kier molecular flexibility index (Phi) is 4.16. The number of nitriles is 1. The zero-order valence-electron chi connectivity index (χ0n) is 10.5. The van der Waals surface area contributed by atoms with Gasteiger partial charge in [-0.1, -0.05) is 18.2 Å². The Balaban J connectivity index is 2.45. The lowest BCUT2D eigenvalue weighted by atomic mass is 10.3. The van der Waals surface area contributed by atoms with Crippen LogP contribution in [0.1, 0.15) is 6.92 Å². The fourth-order valence-electron chi connectivity index (χ4n) is 1.68. The van der Waals surface area contributed by atoms with E-state index in [-0.39, 0.29) is 5.56 Å². The predicted octanol–water partition coefficient (Wildman–Crippen LogP) is 1.08. The number of thiazole rings is 1. The smallest absolute Gasteiger partial charge is 0.270 e. The first-order valence-corrected chi connectivity index (χ1v) is 6.69. The SMILES string of the molecule is CCn1c(=CC#N)sc(=CNc2ccccc2)c1=O. The van der Waals surface area contributed by atoms with Crippen molar-refractivity contribution in [2.75, 3.05) is 5.32 Å². The molecule has 0 radical (unpaired) electrons. The van der Waals surface area contributed by atoms with Gasteiger partial charge in [-0.05, 0) is 19.1 Å². The van der Waals surface area contributed by atoms with Crippen molar-refractivity contribution in [2.45, 2.75) is 13.5 Å². The third-order valence-corrected chi connectivity index (χ3v) is 3.64. The van der Waals surface area contributed by atoms with Gasteiger partial charge in [0.05, 0.1) is 6.07 Å². The summed E-state index contributed by atoms with van der Waals surface area (Å²) in [5.41, 5.74) is 0.849. The zero-order valence-corrected chi connectivity index (χ0v) is 11.3. The molecule has 1 aromatic heterocycles. The lowest BCUT2D eigenvalue weighted by Gasteiger charge is -1.97. The lowest BCUT2D eigenvalue weighted by molar-refractivity contribution is 0.723. The van der Waals surface area contributed by atoms with Gasteiger partial charge in [-0.15, -0.1) is 11.3 Å². The summed E-state index contributed by atoms with van der Waals surface area (Å²) >= 11 is 1.31. The van der Waals surface area contributed by atoms with Gasteiger partial charge in [0.2, 0.25) is 0 Å². The van der Waals surface area contributed by atoms with Crippen LogP contribution in [0.2, 0.25) is 0 Å². The normalized spacial score (nSPS) is 12.4. The first-order chi connectivity index (χ1) is 9.26. The number of nitrogens with one attached hydrogen (secondary N) is 1. The van der Waals surface area contributed by atoms with E-state index in [0.717, 1.165) is 5.69 Å². The maximum Gasteiger partial charge on any atom is 0.270 e. The molecular weight excluding hydrogens is 258 g/mol. The highest BCUT2D eigenvalue weighted by Gasteiger charge is 2.01. The van der Waals surface area contributed by atoms with Crippen LogP contribution in [0.25, 0.3) is 12.3 Å². The van der Waals surface area contributed by atoms with Crippen molar-refractivity contribution < 1.29 is 0 Å². The van der Waals surface area contributed by atoms with Gasteiger partial charge in [0.25, 0.3) is 5.56 Å². The Labute approximate surface area is 114 Å². The van der Waals surface area contributed by atoms with Crippen LogP contribution in [-0.2, 0) is 6.54 Å². The second kappa shape index (κ2) is 6.03. The Bertz CT molecular complexity index is 766. The monoisotopic (exact) mass is 271 g/mol. The van der Waals surface area contributed by atoms with Crippen molar-refractivity contribution >= 4 is 29.3 Å². The third-order valence-electron chi connectivity index (χ3n) is 2.58. The Morgan fingerprint density at radius 1 is 1.42 bits per heavy atom. The number of benzene rings is 1. The summed E-state index contributed by atoms with van der Waals surface area (Å²) < 4.78 is 2.86. The van der Waals surface area contributed by atoms with Crippen LogP contribution in [0.4, 0.5) is 5.69 Å². The Hall–Kier alpha value is -2.32. The maximum absolute atomic E-state index is 12.1. The van der Waals surface area contributed by atoms with Gasteiger partial charge in [-0.2, -0.15) is 5.26 Å². The molecule has 96 valence electrons. The largest absolute Gasteiger partial charge is 0.360 e. The van der Waals surface area contributed by atoms with Crippen molar-refractivity contribution in [1.82, 2.24) is 4.57 Å². The average Bonchev–Trinajstić information content (AvgIpc) is 2.74. The molecule has 4 nitrogen and oxygen atoms in total. The molecule has 0 saturated heterocycles. The molecule has 0 fully saturated rings. The molecule has 0 bridgehead atoms. The van der Waals surface area contributed by atoms with E-state index in [9.17, 15) is 4.79 Å². The first-order valence-electron chi connectivity index (χ1n) is 5.87. The summed E-state index contributed by atoms with van der Waals surface area (Å²) in [6, 6.07) is 11.6. The van der Waals surface area contributed by atoms with Gasteiger partial charge in [-0.25, -0.2) is 0 Å². The fourth-order valence-corrected chi connectivity index (χ4v) is 2.66. The molecule has 0 unspecified atom stereocenters. The van der Waals surface area contributed by atoms with Gasteiger partial charge in [0.15, 0.2) is 0 Å².